The highest BCUT2D eigenvalue weighted by molar-refractivity contribution is 5.87. The molecule has 2 spiro atoms. The largest absolute Gasteiger partial charge is 0.458 e. The van der Waals surface area contributed by atoms with E-state index in [1.54, 1.807) is 13.2 Å². The highest BCUT2D eigenvalue weighted by atomic mass is 16.7. The maximum Gasteiger partial charge on any atom is 0.331 e. The molecule has 4 aliphatic heterocycles. The molecule has 0 aromatic heterocycles. The van der Waals surface area contributed by atoms with E-state index in [9.17, 15) is 40.5 Å². The molecular weight excluding hydrogens is 772 g/mol. The summed E-state index contributed by atoms with van der Waals surface area (Å²) in [6, 6.07) is 0. The van der Waals surface area contributed by atoms with E-state index < -0.39 is 92.2 Å². The maximum absolute atomic E-state index is 12.0. The van der Waals surface area contributed by atoms with Gasteiger partial charge in [-0.1, -0.05) is 19.9 Å². The first-order chi connectivity index (χ1) is 28.1. The molecule has 3 saturated heterocycles. The van der Waals surface area contributed by atoms with Gasteiger partial charge in [-0.15, -0.1) is 0 Å². The third-order valence-corrected chi connectivity index (χ3v) is 16.7. The van der Waals surface area contributed by atoms with Crippen LogP contribution in [0, 0.1) is 28.6 Å². The van der Waals surface area contributed by atoms with Crippen LogP contribution in [-0.2, 0) is 42.7 Å². The Morgan fingerprint density at radius 1 is 0.847 bits per heavy atom. The summed E-state index contributed by atoms with van der Waals surface area (Å²) in [6.07, 6.45) is -2.38. The van der Waals surface area contributed by atoms with E-state index >= 15 is 0 Å². The summed E-state index contributed by atoms with van der Waals surface area (Å²) in [5.74, 6) is -0.0770. The van der Waals surface area contributed by atoms with Gasteiger partial charge >= 0.3 is 5.97 Å². The number of hydrogen-bond acceptors (Lipinski definition) is 16. The van der Waals surface area contributed by atoms with Gasteiger partial charge in [-0.25, -0.2) is 4.79 Å². The minimum Gasteiger partial charge on any atom is -0.458 e. The minimum atomic E-state index is -1.63. The Morgan fingerprint density at radius 3 is 2.36 bits per heavy atom. The lowest BCUT2D eigenvalue weighted by Crippen LogP contribution is -2.61. The number of carbonyl (C=O) groups excluding carboxylic acids is 1. The molecule has 16 heteroatoms. The second-order valence-corrected chi connectivity index (χ2v) is 19.5. The summed E-state index contributed by atoms with van der Waals surface area (Å²) >= 11 is 0. The van der Waals surface area contributed by atoms with Gasteiger partial charge in [-0.3, -0.25) is 0 Å². The van der Waals surface area contributed by atoms with Gasteiger partial charge in [0.25, 0.3) is 0 Å². The van der Waals surface area contributed by atoms with Crippen molar-refractivity contribution in [3.8, 4) is 0 Å². The Balaban J connectivity index is 0.797. The molecule has 9 aliphatic rings. The lowest BCUT2D eigenvalue weighted by molar-refractivity contribution is -0.310. The predicted octanol–water partition coefficient (Wildman–Crippen LogP) is 0.532. The molecule has 4 heterocycles. The van der Waals surface area contributed by atoms with Crippen LogP contribution in [0.5, 0.6) is 0 Å². The molecule has 8 unspecified atom stereocenters. The number of epoxide rings is 1. The first kappa shape index (κ1) is 42.7. The average molecular weight is 837 g/mol. The number of rotatable bonds is 10. The molecule has 0 bridgehead atoms. The minimum absolute atomic E-state index is 0.0186. The Morgan fingerprint density at radius 2 is 1.63 bits per heavy atom. The number of hydrogen-bond donors (Lipinski definition) is 7. The zero-order valence-corrected chi connectivity index (χ0v) is 34.5. The van der Waals surface area contributed by atoms with Crippen LogP contribution in [0.25, 0.3) is 0 Å². The standard InChI is InChI=1S/C43H64O16/c1-20-38(57-26-13-22(32(46)35(49)33(26)47)19-54-39-37(51)36(50)34(48)28(17-44)58-39)27(52-4)16-31(55-20)56-24-6-9-40(2)23(15-24)5-11-42-29(40)8-10-41(3)25(7-12-43(41,42)59-42)21-14-30(45)53-18-21/h7,14,20,22-24,26-29,31-39,44,46-51H,5-6,8-13,15-19H2,1-4H3/t20?,22-,23?,24+,26-,27?,28-,29?,31?,32-,33+,34-,35+,36+,37-,38?,39-,40+,41-,42?,43?/m1/s1. The topological polar surface area (TPSA) is 236 Å². The van der Waals surface area contributed by atoms with Gasteiger partial charge in [-0.2, -0.15) is 0 Å². The molecular formula is C43H64O16. The third kappa shape index (κ3) is 6.65. The predicted molar refractivity (Wildman–Crippen MR) is 203 cm³/mol. The zero-order valence-electron chi connectivity index (χ0n) is 34.5. The van der Waals surface area contributed by atoms with Gasteiger partial charge in [0.15, 0.2) is 12.6 Å². The number of cyclic esters (lactones) is 1. The molecule has 5 aliphatic carbocycles. The summed E-state index contributed by atoms with van der Waals surface area (Å²) in [5.41, 5.74) is 1.93. The monoisotopic (exact) mass is 836 g/mol. The van der Waals surface area contributed by atoms with Crippen LogP contribution < -0.4 is 0 Å². The Hall–Kier alpha value is -1.61. The van der Waals surface area contributed by atoms with E-state index in [0.717, 1.165) is 56.9 Å². The van der Waals surface area contributed by atoms with Crippen LogP contribution in [0.3, 0.4) is 0 Å². The number of carbonyl (C=O) groups is 1. The van der Waals surface area contributed by atoms with Crippen LogP contribution in [0.4, 0.5) is 0 Å². The molecule has 16 nitrogen and oxygen atoms in total. The van der Waals surface area contributed by atoms with E-state index in [2.05, 4.69) is 19.9 Å². The molecule has 7 N–H and O–H groups in total. The molecule has 9 rings (SSSR count). The molecule has 0 aromatic rings. The van der Waals surface area contributed by atoms with E-state index in [1.807, 2.05) is 6.92 Å². The fourth-order valence-electron chi connectivity index (χ4n) is 13.4. The fourth-order valence-corrected chi connectivity index (χ4v) is 13.4. The van der Waals surface area contributed by atoms with Crippen LogP contribution in [0.1, 0.15) is 85.0 Å². The van der Waals surface area contributed by atoms with Crippen LogP contribution in [0.15, 0.2) is 23.3 Å². The molecule has 0 aromatic carbocycles. The van der Waals surface area contributed by atoms with Crippen molar-refractivity contribution in [1.82, 2.24) is 0 Å². The van der Waals surface area contributed by atoms with Gasteiger partial charge in [0, 0.05) is 36.5 Å². The second kappa shape index (κ2) is 15.6. The quantitative estimate of drug-likeness (QED) is 0.0904. The van der Waals surface area contributed by atoms with Crippen molar-refractivity contribution >= 4 is 5.97 Å². The Kier molecular flexibility index (Phi) is 11.3. The third-order valence-electron chi connectivity index (χ3n) is 16.7. The van der Waals surface area contributed by atoms with E-state index in [0.29, 0.717) is 24.9 Å². The number of aliphatic hydroxyl groups is 7. The molecule has 4 saturated carbocycles. The van der Waals surface area contributed by atoms with Gasteiger partial charge in [0.05, 0.1) is 43.7 Å². The number of methoxy groups -OCH3 is 1. The normalized spacial score (nSPS) is 54.3. The zero-order chi connectivity index (χ0) is 41.8. The van der Waals surface area contributed by atoms with Crippen LogP contribution in [-0.4, -0.2) is 166 Å². The van der Waals surface area contributed by atoms with E-state index in [4.69, 9.17) is 37.9 Å². The SMILES string of the molecule is COC1CC(O[C@H]2CC[C@@]3(C)C(CCC45OC46CC=C(C4=CC(=O)OC4)[C@@]6(C)CCC53)C2)OC(C)C1O[C@@H]1C[C@H](CO[C@@H]2O[C@H](CO)[C@@H](O)[C@H](O)[C@H]2O)[C@@H](O)[C@H](O)[C@H]1O. The van der Waals surface area contributed by atoms with Gasteiger partial charge < -0.3 is 73.6 Å². The number of esters is 1. The van der Waals surface area contributed by atoms with Crippen LogP contribution >= 0.6 is 0 Å². The van der Waals surface area contributed by atoms with E-state index in [-0.39, 0.29) is 47.1 Å². The molecule has 332 valence electrons. The van der Waals surface area contributed by atoms with Crippen molar-refractivity contribution in [2.75, 3.05) is 26.9 Å². The van der Waals surface area contributed by atoms with E-state index in [1.165, 1.54) is 5.57 Å². The van der Waals surface area contributed by atoms with Crippen molar-refractivity contribution in [1.29, 1.82) is 0 Å². The number of fused-ring (bicyclic) bond motifs is 2. The summed E-state index contributed by atoms with van der Waals surface area (Å²) in [5, 5.41) is 72.9. The highest BCUT2D eigenvalue weighted by Gasteiger charge is 2.85. The molecule has 59 heavy (non-hydrogen) atoms. The van der Waals surface area contributed by atoms with Crippen molar-refractivity contribution in [3.05, 3.63) is 23.3 Å². The van der Waals surface area contributed by atoms with Crippen molar-refractivity contribution < 1.29 is 78.4 Å². The lowest BCUT2D eigenvalue weighted by Gasteiger charge is -2.58. The lowest BCUT2D eigenvalue weighted by atomic mass is 9.44. The number of ether oxygens (including phenoxy) is 8. The molecule has 0 amide bonds. The summed E-state index contributed by atoms with van der Waals surface area (Å²) in [4.78, 5) is 12.0. The summed E-state index contributed by atoms with van der Waals surface area (Å²) in [6.45, 7) is 6.18. The average Bonchev–Trinajstić information content (AvgIpc) is 3.53. The van der Waals surface area contributed by atoms with Crippen molar-refractivity contribution in [3.63, 3.8) is 0 Å². The highest BCUT2D eigenvalue weighted by Crippen LogP contribution is 2.80. The summed E-state index contributed by atoms with van der Waals surface area (Å²) in [7, 11) is 1.59. The maximum atomic E-state index is 12.0. The molecule has 7 fully saturated rings. The Bertz CT molecular complexity index is 1660. The Labute approximate surface area is 344 Å². The smallest absolute Gasteiger partial charge is 0.331 e. The van der Waals surface area contributed by atoms with Crippen molar-refractivity contribution in [2.24, 2.45) is 28.6 Å². The summed E-state index contributed by atoms with van der Waals surface area (Å²) < 4.78 is 49.1. The van der Waals surface area contributed by atoms with Gasteiger partial charge in [0.2, 0.25) is 0 Å². The van der Waals surface area contributed by atoms with Gasteiger partial charge in [-0.05, 0) is 87.5 Å². The van der Waals surface area contributed by atoms with Crippen molar-refractivity contribution in [2.45, 2.75) is 182 Å². The molecule has 21 atom stereocenters. The first-order valence-electron chi connectivity index (χ1n) is 21.8. The van der Waals surface area contributed by atoms with Crippen LogP contribution in [0.2, 0.25) is 0 Å². The number of aliphatic hydroxyl groups excluding tert-OH is 7. The first-order valence-corrected chi connectivity index (χ1v) is 21.8. The second-order valence-electron chi connectivity index (χ2n) is 19.5. The van der Waals surface area contributed by atoms with Gasteiger partial charge in [0.1, 0.15) is 60.5 Å². The molecule has 0 radical (unpaired) electrons. The fraction of sp³-hybridized carbons (Fsp3) is 0.884.